The van der Waals surface area contributed by atoms with E-state index in [-0.39, 0.29) is 11.5 Å². The van der Waals surface area contributed by atoms with Crippen LogP contribution in [0.25, 0.3) is 0 Å². The van der Waals surface area contributed by atoms with Gasteiger partial charge in [0.15, 0.2) is 12.6 Å². The number of phenolic OH excluding ortho intramolecular Hbond substituents is 2. The van der Waals surface area contributed by atoms with E-state index in [1.807, 2.05) is 12.1 Å². The number of carbonyl (C=O) groups is 2. The Morgan fingerprint density at radius 1 is 0.528 bits per heavy atom. The number of aldehydes is 2. The Morgan fingerprint density at radius 2 is 0.861 bits per heavy atom. The summed E-state index contributed by atoms with van der Waals surface area (Å²) in [7, 11) is 0. The van der Waals surface area contributed by atoms with E-state index in [1.54, 1.807) is 24.3 Å². The van der Waals surface area contributed by atoms with Gasteiger partial charge in [-0.15, -0.1) is 0 Å². The Balaban J connectivity index is 0.000000360. The molecule has 2 aromatic carbocycles. The molecular formula is C32H48O4. The molecule has 200 valence electrons. The standard InChI is InChI=1S/2C16H24O2/c2*1-2-3-4-5-6-7-8-9-14-10-11-16(18)15(12-14)13-17/h2*10-13,18H,2-9H2,1H3. The number of aromatic hydroxyl groups is 2. The maximum atomic E-state index is 10.7. The molecule has 0 aliphatic carbocycles. The molecule has 0 amide bonds. The van der Waals surface area contributed by atoms with Crippen LogP contribution >= 0.6 is 0 Å². The molecule has 0 fully saturated rings. The van der Waals surface area contributed by atoms with E-state index >= 15 is 0 Å². The highest BCUT2D eigenvalue weighted by Gasteiger charge is 2.02. The molecule has 4 nitrogen and oxygen atoms in total. The third kappa shape index (κ3) is 14.1. The SMILES string of the molecule is CCCCCCCCCc1ccc(O)c(C=O)c1.CCCCCCCCCc1ccc(O)c(C=O)c1. The predicted octanol–water partition coefficient (Wildman–Crippen LogP) is 9.00. The van der Waals surface area contributed by atoms with Gasteiger partial charge in [-0.05, 0) is 61.1 Å². The second-order valence-electron chi connectivity index (χ2n) is 9.76. The molecule has 2 N–H and O–H groups in total. The van der Waals surface area contributed by atoms with E-state index in [9.17, 15) is 19.8 Å². The second kappa shape index (κ2) is 20.6. The molecule has 0 radical (unpaired) electrons. The van der Waals surface area contributed by atoms with Crippen LogP contribution in [-0.2, 0) is 12.8 Å². The van der Waals surface area contributed by atoms with Crippen molar-refractivity contribution in [2.75, 3.05) is 0 Å². The summed E-state index contributed by atoms with van der Waals surface area (Å²) < 4.78 is 0. The van der Waals surface area contributed by atoms with Crippen molar-refractivity contribution in [3.05, 3.63) is 58.7 Å². The number of hydrogen-bond acceptors (Lipinski definition) is 4. The highest BCUT2D eigenvalue weighted by atomic mass is 16.3. The zero-order valence-electron chi connectivity index (χ0n) is 22.6. The van der Waals surface area contributed by atoms with E-state index in [4.69, 9.17) is 0 Å². The fraction of sp³-hybridized carbons (Fsp3) is 0.562. The molecule has 36 heavy (non-hydrogen) atoms. The van der Waals surface area contributed by atoms with Gasteiger partial charge in [-0.25, -0.2) is 0 Å². The summed E-state index contributed by atoms with van der Waals surface area (Å²) in [6, 6.07) is 10.6. The lowest BCUT2D eigenvalue weighted by atomic mass is 10.0. The molecule has 2 aromatic rings. The Morgan fingerprint density at radius 3 is 1.19 bits per heavy atom. The summed E-state index contributed by atoms with van der Waals surface area (Å²) in [5, 5.41) is 18.8. The highest BCUT2D eigenvalue weighted by Crippen LogP contribution is 2.19. The molecule has 0 aliphatic rings. The van der Waals surface area contributed by atoms with E-state index < -0.39 is 0 Å². The van der Waals surface area contributed by atoms with Gasteiger partial charge in [0, 0.05) is 0 Å². The van der Waals surface area contributed by atoms with E-state index in [2.05, 4.69) is 13.8 Å². The van der Waals surface area contributed by atoms with Gasteiger partial charge in [0.2, 0.25) is 0 Å². The van der Waals surface area contributed by atoms with E-state index in [0.717, 1.165) is 36.8 Å². The molecule has 0 spiro atoms. The van der Waals surface area contributed by atoms with Crippen molar-refractivity contribution in [1.82, 2.24) is 0 Å². The molecule has 4 heteroatoms. The Labute approximate surface area is 219 Å². The number of hydrogen-bond donors (Lipinski definition) is 2. The molecule has 2 rings (SSSR count). The van der Waals surface area contributed by atoms with Crippen LogP contribution in [0.1, 0.15) is 136 Å². The molecule has 0 aliphatic heterocycles. The van der Waals surface area contributed by atoms with Gasteiger partial charge in [-0.1, -0.05) is 103 Å². The fourth-order valence-corrected chi connectivity index (χ4v) is 4.28. The van der Waals surface area contributed by atoms with Crippen LogP contribution in [0.2, 0.25) is 0 Å². The fourth-order valence-electron chi connectivity index (χ4n) is 4.28. The monoisotopic (exact) mass is 496 g/mol. The predicted molar refractivity (Wildman–Crippen MR) is 150 cm³/mol. The minimum Gasteiger partial charge on any atom is -0.507 e. The van der Waals surface area contributed by atoms with E-state index in [1.165, 1.54) is 77.0 Å². The first-order valence-corrected chi connectivity index (χ1v) is 14.1. The molecule has 0 unspecified atom stereocenters. The van der Waals surface area contributed by atoms with Crippen LogP contribution in [0, 0.1) is 0 Å². The molecule has 0 atom stereocenters. The highest BCUT2D eigenvalue weighted by molar-refractivity contribution is 5.79. The third-order valence-corrected chi connectivity index (χ3v) is 6.58. The number of unbranched alkanes of at least 4 members (excludes halogenated alkanes) is 12. The topological polar surface area (TPSA) is 74.6 Å². The van der Waals surface area contributed by atoms with Crippen LogP contribution in [0.3, 0.4) is 0 Å². The number of rotatable bonds is 18. The first kappa shape index (κ1) is 31.4. The summed E-state index contributed by atoms with van der Waals surface area (Å²) in [6.07, 6.45) is 21.5. The van der Waals surface area contributed by atoms with Gasteiger partial charge in [0.25, 0.3) is 0 Å². The molecule has 0 saturated heterocycles. The van der Waals surface area contributed by atoms with Crippen molar-refractivity contribution in [3.8, 4) is 11.5 Å². The molecule has 0 heterocycles. The van der Waals surface area contributed by atoms with Crippen LogP contribution < -0.4 is 0 Å². The Hall–Kier alpha value is -2.62. The lowest BCUT2D eigenvalue weighted by Gasteiger charge is -2.04. The Kier molecular flexibility index (Phi) is 17.9. The molecule has 0 bridgehead atoms. The van der Waals surface area contributed by atoms with E-state index in [0.29, 0.717) is 23.7 Å². The quantitative estimate of drug-likeness (QED) is 0.159. The summed E-state index contributed by atoms with van der Waals surface area (Å²) >= 11 is 0. The lowest BCUT2D eigenvalue weighted by molar-refractivity contribution is 0.111. The average Bonchev–Trinajstić information content (AvgIpc) is 2.89. The smallest absolute Gasteiger partial charge is 0.153 e. The summed E-state index contributed by atoms with van der Waals surface area (Å²) in [4.78, 5) is 21.4. The van der Waals surface area contributed by atoms with Gasteiger partial charge in [-0.3, -0.25) is 9.59 Å². The van der Waals surface area contributed by atoms with Crippen LogP contribution in [0.4, 0.5) is 0 Å². The van der Waals surface area contributed by atoms with Gasteiger partial charge in [0.1, 0.15) is 11.5 Å². The molecular weight excluding hydrogens is 448 g/mol. The third-order valence-electron chi connectivity index (χ3n) is 6.58. The van der Waals surface area contributed by atoms with Gasteiger partial charge < -0.3 is 10.2 Å². The van der Waals surface area contributed by atoms with Gasteiger partial charge >= 0.3 is 0 Å². The van der Waals surface area contributed by atoms with Crippen molar-refractivity contribution >= 4 is 12.6 Å². The Bertz CT molecular complexity index is 788. The normalized spacial score (nSPS) is 10.5. The summed E-state index contributed by atoms with van der Waals surface area (Å²) in [6.45, 7) is 4.46. The lowest BCUT2D eigenvalue weighted by Crippen LogP contribution is -1.89. The van der Waals surface area contributed by atoms with Crippen molar-refractivity contribution in [3.63, 3.8) is 0 Å². The number of benzene rings is 2. The summed E-state index contributed by atoms with van der Waals surface area (Å²) in [5.41, 5.74) is 3.08. The maximum Gasteiger partial charge on any atom is 0.153 e. The zero-order chi connectivity index (χ0) is 26.4. The maximum absolute atomic E-state index is 10.7. The second-order valence-corrected chi connectivity index (χ2v) is 9.76. The zero-order valence-corrected chi connectivity index (χ0v) is 22.6. The van der Waals surface area contributed by atoms with Crippen molar-refractivity contribution < 1.29 is 19.8 Å². The van der Waals surface area contributed by atoms with Crippen LogP contribution in [-0.4, -0.2) is 22.8 Å². The van der Waals surface area contributed by atoms with Gasteiger partial charge in [0.05, 0.1) is 11.1 Å². The average molecular weight is 497 g/mol. The number of carbonyl (C=O) groups excluding carboxylic acids is 2. The summed E-state index contributed by atoms with van der Waals surface area (Å²) in [5.74, 6) is 0.154. The minimum absolute atomic E-state index is 0.0771. The number of phenols is 2. The molecule has 0 saturated carbocycles. The first-order valence-electron chi connectivity index (χ1n) is 14.1. The first-order chi connectivity index (χ1) is 17.5. The number of aryl methyl sites for hydroxylation is 2. The van der Waals surface area contributed by atoms with Crippen molar-refractivity contribution in [1.29, 1.82) is 0 Å². The van der Waals surface area contributed by atoms with Crippen LogP contribution in [0.5, 0.6) is 11.5 Å². The van der Waals surface area contributed by atoms with Crippen molar-refractivity contribution in [2.45, 2.75) is 117 Å². The van der Waals surface area contributed by atoms with Crippen LogP contribution in [0.15, 0.2) is 36.4 Å². The minimum atomic E-state index is 0.0771. The largest absolute Gasteiger partial charge is 0.507 e. The van der Waals surface area contributed by atoms with Crippen molar-refractivity contribution in [2.24, 2.45) is 0 Å². The van der Waals surface area contributed by atoms with Gasteiger partial charge in [-0.2, -0.15) is 0 Å². The molecule has 0 aromatic heterocycles.